The first-order valence-electron chi connectivity index (χ1n) is 5.50. The van der Waals surface area contributed by atoms with Gasteiger partial charge < -0.3 is 5.73 Å². The SMILES string of the molecule is Nc1n[nH]c(-c2csc(Br)c2)c1-c1ccccc1Br. The molecule has 3 N–H and O–H groups in total. The van der Waals surface area contributed by atoms with Crippen molar-refractivity contribution in [3.8, 4) is 22.4 Å². The highest BCUT2D eigenvalue weighted by Crippen LogP contribution is 2.40. The van der Waals surface area contributed by atoms with E-state index in [0.29, 0.717) is 5.82 Å². The number of nitrogens with zero attached hydrogens (tertiary/aromatic N) is 1. The van der Waals surface area contributed by atoms with Crippen LogP contribution in [0.3, 0.4) is 0 Å². The van der Waals surface area contributed by atoms with Crippen LogP contribution >= 0.6 is 43.2 Å². The smallest absolute Gasteiger partial charge is 0.153 e. The monoisotopic (exact) mass is 397 g/mol. The van der Waals surface area contributed by atoms with Crippen LogP contribution < -0.4 is 5.73 Å². The van der Waals surface area contributed by atoms with Crippen molar-refractivity contribution in [1.29, 1.82) is 0 Å². The maximum absolute atomic E-state index is 6.01. The van der Waals surface area contributed by atoms with Gasteiger partial charge in [-0.05, 0) is 28.1 Å². The minimum atomic E-state index is 0.504. The Labute approximate surface area is 131 Å². The fraction of sp³-hybridized carbons (Fsp3) is 0. The Morgan fingerprint density at radius 2 is 2.00 bits per heavy atom. The summed E-state index contributed by atoms with van der Waals surface area (Å²) in [6, 6.07) is 10.0. The number of hydrogen-bond donors (Lipinski definition) is 2. The third-order valence-corrected chi connectivity index (χ3v) is 4.99. The molecule has 0 atom stereocenters. The van der Waals surface area contributed by atoms with E-state index in [1.54, 1.807) is 11.3 Å². The number of nitrogens with one attached hydrogen (secondary N) is 1. The van der Waals surface area contributed by atoms with E-state index >= 15 is 0 Å². The molecule has 3 aromatic rings. The first kappa shape index (κ1) is 12.9. The Balaban J connectivity index is 2.22. The van der Waals surface area contributed by atoms with Gasteiger partial charge in [-0.15, -0.1) is 11.3 Å². The number of rotatable bonds is 2. The van der Waals surface area contributed by atoms with Crippen LogP contribution in [0.1, 0.15) is 0 Å². The van der Waals surface area contributed by atoms with Crippen molar-refractivity contribution in [2.24, 2.45) is 0 Å². The number of anilines is 1. The molecule has 0 aliphatic heterocycles. The summed E-state index contributed by atoms with van der Waals surface area (Å²) >= 11 is 8.67. The zero-order valence-electron chi connectivity index (χ0n) is 9.65. The van der Waals surface area contributed by atoms with Gasteiger partial charge in [0.25, 0.3) is 0 Å². The third kappa shape index (κ3) is 2.35. The standard InChI is InChI=1S/C13H9Br2N3S/c14-9-4-2-1-3-8(9)11-12(17-18-13(11)16)7-5-10(15)19-6-7/h1-6H,(H3,16,17,18). The Morgan fingerprint density at radius 3 is 2.68 bits per heavy atom. The number of aromatic nitrogens is 2. The first-order chi connectivity index (χ1) is 9.16. The fourth-order valence-electron chi connectivity index (χ4n) is 1.94. The van der Waals surface area contributed by atoms with Gasteiger partial charge in [-0.3, -0.25) is 5.10 Å². The molecule has 0 spiro atoms. The lowest BCUT2D eigenvalue weighted by molar-refractivity contribution is 1.10. The number of aromatic amines is 1. The minimum absolute atomic E-state index is 0.504. The van der Waals surface area contributed by atoms with Crippen LogP contribution in [0, 0.1) is 0 Å². The third-order valence-electron chi connectivity index (χ3n) is 2.79. The number of benzene rings is 1. The molecule has 1 aromatic carbocycles. The molecular formula is C13H9Br2N3S. The van der Waals surface area contributed by atoms with Crippen molar-refractivity contribution in [3.05, 3.63) is 44.0 Å². The molecule has 0 radical (unpaired) electrons. The van der Waals surface area contributed by atoms with Crippen LogP contribution in [-0.2, 0) is 0 Å². The van der Waals surface area contributed by atoms with Crippen molar-refractivity contribution in [1.82, 2.24) is 10.2 Å². The number of halogens is 2. The van der Waals surface area contributed by atoms with Gasteiger partial charge in [0.2, 0.25) is 0 Å². The van der Waals surface area contributed by atoms with Crippen molar-refractivity contribution < 1.29 is 0 Å². The predicted octanol–water partition coefficient (Wildman–Crippen LogP) is 4.91. The second-order valence-corrected chi connectivity index (χ2v) is 7.12. The quantitative estimate of drug-likeness (QED) is 0.644. The van der Waals surface area contributed by atoms with Gasteiger partial charge in [0.1, 0.15) is 0 Å². The second-order valence-electron chi connectivity index (χ2n) is 3.98. The molecule has 0 fully saturated rings. The summed E-state index contributed by atoms with van der Waals surface area (Å²) in [4.78, 5) is 0. The van der Waals surface area contributed by atoms with Gasteiger partial charge in [0.15, 0.2) is 5.82 Å². The zero-order valence-corrected chi connectivity index (χ0v) is 13.6. The summed E-state index contributed by atoms with van der Waals surface area (Å²) in [5.74, 6) is 0.504. The van der Waals surface area contributed by atoms with Gasteiger partial charge in [-0.25, -0.2) is 0 Å². The topological polar surface area (TPSA) is 54.7 Å². The molecule has 2 heterocycles. The van der Waals surface area contributed by atoms with Crippen molar-refractivity contribution >= 4 is 49.0 Å². The molecule has 0 aliphatic carbocycles. The molecular weight excluding hydrogens is 390 g/mol. The molecule has 0 saturated carbocycles. The van der Waals surface area contributed by atoms with Gasteiger partial charge in [-0.2, -0.15) is 5.10 Å². The van der Waals surface area contributed by atoms with Gasteiger partial charge >= 0.3 is 0 Å². The fourth-order valence-corrected chi connectivity index (χ4v) is 3.57. The van der Waals surface area contributed by atoms with E-state index in [9.17, 15) is 0 Å². The van der Waals surface area contributed by atoms with Crippen LogP contribution in [0.5, 0.6) is 0 Å². The van der Waals surface area contributed by atoms with E-state index in [0.717, 1.165) is 30.6 Å². The number of hydrogen-bond acceptors (Lipinski definition) is 3. The largest absolute Gasteiger partial charge is 0.382 e. The van der Waals surface area contributed by atoms with E-state index < -0.39 is 0 Å². The van der Waals surface area contributed by atoms with Crippen molar-refractivity contribution in [2.75, 3.05) is 5.73 Å². The molecule has 0 unspecified atom stereocenters. The highest BCUT2D eigenvalue weighted by molar-refractivity contribution is 9.11. The normalized spacial score (nSPS) is 10.8. The lowest BCUT2D eigenvalue weighted by Gasteiger charge is -2.05. The van der Waals surface area contributed by atoms with Gasteiger partial charge in [0.05, 0.1) is 15.0 Å². The zero-order chi connectivity index (χ0) is 13.4. The average Bonchev–Trinajstić information content (AvgIpc) is 2.96. The molecule has 6 heteroatoms. The Morgan fingerprint density at radius 1 is 1.21 bits per heavy atom. The summed E-state index contributed by atoms with van der Waals surface area (Å²) in [6.07, 6.45) is 0. The van der Waals surface area contributed by atoms with Crippen LogP contribution in [0.15, 0.2) is 44.0 Å². The van der Waals surface area contributed by atoms with Crippen LogP contribution in [0.25, 0.3) is 22.4 Å². The van der Waals surface area contributed by atoms with E-state index in [-0.39, 0.29) is 0 Å². The summed E-state index contributed by atoms with van der Waals surface area (Å²) in [5.41, 5.74) is 9.99. The van der Waals surface area contributed by atoms with Gasteiger partial charge in [0, 0.05) is 21.0 Å². The van der Waals surface area contributed by atoms with E-state index in [4.69, 9.17) is 5.73 Å². The predicted molar refractivity (Wildman–Crippen MR) is 87.1 cm³/mol. The van der Waals surface area contributed by atoms with Crippen LogP contribution in [-0.4, -0.2) is 10.2 Å². The number of thiophene rings is 1. The lowest BCUT2D eigenvalue weighted by atomic mass is 10.0. The molecule has 3 nitrogen and oxygen atoms in total. The molecule has 0 aliphatic rings. The van der Waals surface area contributed by atoms with E-state index in [1.165, 1.54) is 0 Å². The number of H-pyrrole nitrogens is 1. The molecule has 19 heavy (non-hydrogen) atoms. The van der Waals surface area contributed by atoms with Crippen LogP contribution in [0.2, 0.25) is 0 Å². The maximum Gasteiger partial charge on any atom is 0.153 e. The summed E-state index contributed by atoms with van der Waals surface area (Å²) in [6.45, 7) is 0. The summed E-state index contributed by atoms with van der Waals surface area (Å²) in [7, 11) is 0. The van der Waals surface area contributed by atoms with E-state index in [2.05, 4.69) is 53.5 Å². The molecule has 0 amide bonds. The molecule has 2 aromatic heterocycles. The number of nitrogens with two attached hydrogens (primary N) is 1. The van der Waals surface area contributed by atoms with Crippen molar-refractivity contribution in [3.63, 3.8) is 0 Å². The van der Waals surface area contributed by atoms with Crippen LogP contribution in [0.4, 0.5) is 5.82 Å². The Hall–Kier alpha value is -1.11. The lowest BCUT2D eigenvalue weighted by Crippen LogP contribution is -1.89. The molecule has 0 saturated heterocycles. The summed E-state index contributed by atoms with van der Waals surface area (Å²) < 4.78 is 2.08. The Kier molecular flexibility index (Phi) is 3.47. The average molecular weight is 399 g/mol. The molecule has 0 bridgehead atoms. The van der Waals surface area contributed by atoms with Gasteiger partial charge in [-0.1, -0.05) is 34.1 Å². The highest BCUT2D eigenvalue weighted by atomic mass is 79.9. The maximum atomic E-state index is 6.01. The first-order valence-corrected chi connectivity index (χ1v) is 7.96. The second kappa shape index (κ2) is 5.11. The Bertz CT molecular complexity index is 733. The van der Waals surface area contributed by atoms with E-state index in [1.807, 2.05) is 24.3 Å². The molecule has 96 valence electrons. The van der Waals surface area contributed by atoms with Crippen molar-refractivity contribution in [2.45, 2.75) is 0 Å². The molecule has 3 rings (SSSR count). The number of nitrogen functional groups attached to an aromatic ring is 1. The minimum Gasteiger partial charge on any atom is -0.382 e. The summed E-state index contributed by atoms with van der Waals surface area (Å²) in [5, 5.41) is 9.23. The highest BCUT2D eigenvalue weighted by Gasteiger charge is 2.17.